The first-order chi connectivity index (χ1) is 17.9. The van der Waals surface area contributed by atoms with Gasteiger partial charge in [0.1, 0.15) is 18.9 Å². The lowest BCUT2D eigenvalue weighted by atomic mass is 9.70. The summed E-state index contributed by atoms with van der Waals surface area (Å²) < 4.78 is 13.1. The lowest BCUT2D eigenvalue weighted by Crippen LogP contribution is -2.49. The van der Waals surface area contributed by atoms with E-state index < -0.39 is 29.7 Å². The zero-order valence-corrected chi connectivity index (χ0v) is 24.8. The zero-order chi connectivity index (χ0) is 28.7. The van der Waals surface area contributed by atoms with Crippen LogP contribution < -0.4 is 16.6 Å². The molecule has 218 valence electrons. The molecule has 0 saturated carbocycles. The van der Waals surface area contributed by atoms with Crippen LogP contribution in [0.5, 0.6) is 0 Å². The number of carbonyl (C=O) groups is 1. The summed E-state index contributed by atoms with van der Waals surface area (Å²) in [5, 5.41) is 13.1. The van der Waals surface area contributed by atoms with Crippen LogP contribution in [0.1, 0.15) is 86.4 Å². The summed E-state index contributed by atoms with van der Waals surface area (Å²) in [6, 6.07) is 0.00599. The molecule has 3 N–H and O–H groups in total. The molecule has 0 spiro atoms. The Labute approximate surface area is 227 Å². The summed E-state index contributed by atoms with van der Waals surface area (Å²) in [5.74, 6) is 2.42. The molecular weight excluding hydrogens is 486 g/mol. The SMILES string of the molecule is CCC(C)C(C)C(C)C(C)C(NC(=O)COC1CC(n2cc(C)c(=O)[nH]c2=O)OC1CO)C(C)C(C)CC. The number of ether oxygens (including phenoxy) is 2. The van der Waals surface area contributed by atoms with E-state index in [1.807, 2.05) is 0 Å². The first-order valence-corrected chi connectivity index (χ1v) is 14.3. The predicted octanol–water partition coefficient (Wildman–Crippen LogP) is 3.63. The van der Waals surface area contributed by atoms with Crippen molar-refractivity contribution in [2.75, 3.05) is 13.2 Å². The maximum atomic E-state index is 13.2. The van der Waals surface area contributed by atoms with Gasteiger partial charge in [-0.15, -0.1) is 0 Å². The van der Waals surface area contributed by atoms with Gasteiger partial charge in [-0.25, -0.2) is 4.79 Å². The molecule has 2 rings (SSSR count). The second kappa shape index (κ2) is 14.4. The molecule has 2 heterocycles. The van der Waals surface area contributed by atoms with Crippen LogP contribution in [0, 0.1) is 42.4 Å². The average Bonchev–Trinajstić information content (AvgIpc) is 3.32. The standard InChI is InChI=1S/C29H51N3O6/c1-10-16(3)19(6)21(8)22(9)27(20(7)17(4)11-2)30-25(34)15-37-23-12-26(38-24(23)14-33)32-13-18(5)28(35)31-29(32)36/h13,16-17,19-24,26-27,33H,10-12,14-15H2,1-9H3,(H,30,34)(H,31,35,36). The van der Waals surface area contributed by atoms with Crippen molar-refractivity contribution in [3.8, 4) is 0 Å². The Balaban J connectivity index is 2.10. The number of rotatable bonds is 14. The predicted molar refractivity (Wildman–Crippen MR) is 149 cm³/mol. The largest absolute Gasteiger partial charge is 0.394 e. The van der Waals surface area contributed by atoms with Crippen LogP contribution in [0.3, 0.4) is 0 Å². The van der Waals surface area contributed by atoms with E-state index in [0.29, 0.717) is 35.2 Å². The van der Waals surface area contributed by atoms with Gasteiger partial charge in [0.05, 0.1) is 12.7 Å². The molecule has 0 aromatic carbocycles. The van der Waals surface area contributed by atoms with Crippen molar-refractivity contribution in [1.82, 2.24) is 14.9 Å². The Morgan fingerprint density at radius 1 is 1.08 bits per heavy atom. The highest BCUT2D eigenvalue weighted by molar-refractivity contribution is 5.77. The lowest BCUT2D eigenvalue weighted by Gasteiger charge is -2.40. The smallest absolute Gasteiger partial charge is 0.330 e. The third-order valence-electron chi connectivity index (χ3n) is 9.45. The number of aliphatic hydroxyl groups excluding tert-OH is 1. The van der Waals surface area contributed by atoms with E-state index in [9.17, 15) is 19.5 Å². The summed E-state index contributed by atoms with van der Waals surface area (Å²) >= 11 is 0. The maximum Gasteiger partial charge on any atom is 0.330 e. The highest BCUT2D eigenvalue weighted by Gasteiger charge is 2.38. The van der Waals surface area contributed by atoms with Crippen LogP contribution in [-0.4, -0.2) is 52.0 Å². The fourth-order valence-electron chi connectivity index (χ4n) is 5.58. The number of hydrogen-bond acceptors (Lipinski definition) is 6. The van der Waals surface area contributed by atoms with E-state index in [0.717, 1.165) is 12.8 Å². The van der Waals surface area contributed by atoms with E-state index in [4.69, 9.17) is 9.47 Å². The van der Waals surface area contributed by atoms with Crippen molar-refractivity contribution < 1.29 is 19.4 Å². The third kappa shape index (κ3) is 7.79. The van der Waals surface area contributed by atoms with Gasteiger partial charge in [0, 0.05) is 24.2 Å². The molecular formula is C29H51N3O6. The Morgan fingerprint density at radius 3 is 2.26 bits per heavy atom. The summed E-state index contributed by atoms with van der Waals surface area (Å²) in [6.07, 6.45) is 1.93. The number of aromatic amines is 1. The summed E-state index contributed by atoms with van der Waals surface area (Å²) in [6.45, 7) is 19.1. The molecule has 0 aliphatic carbocycles. The lowest BCUT2D eigenvalue weighted by molar-refractivity contribution is -0.131. The molecule has 1 amide bonds. The van der Waals surface area contributed by atoms with Crippen molar-refractivity contribution in [3.63, 3.8) is 0 Å². The number of nitrogens with zero attached hydrogens (tertiary/aromatic N) is 1. The van der Waals surface area contributed by atoms with Gasteiger partial charge in [-0.3, -0.25) is 19.1 Å². The molecule has 10 unspecified atom stereocenters. The highest BCUT2D eigenvalue weighted by atomic mass is 16.6. The summed E-state index contributed by atoms with van der Waals surface area (Å²) in [5.41, 5.74) is -0.655. The Morgan fingerprint density at radius 2 is 1.68 bits per heavy atom. The quantitative estimate of drug-likeness (QED) is 0.333. The minimum absolute atomic E-state index is 0.00599. The number of nitrogens with one attached hydrogen (secondary N) is 2. The van der Waals surface area contributed by atoms with Crippen molar-refractivity contribution >= 4 is 5.91 Å². The molecule has 1 aromatic heterocycles. The van der Waals surface area contributed by atoms with E-state index in [1.165, 1.54) is 10.8 Å². The fourth-order valence-corrected chi connectivity index (χ4v) is 5.58. The van der Waals surface area contributed by atoms with Gasteiger partial charge in [0.2, 0.25) is 5.91 Å². The monoisotopic (exact) mass is 537 g/mol. The van der Waals surface area contributed by atoms with Crippen LogP contribution in [0.25, 0.3) is 0 Å². The van der Waals surface area contributed by atoms with Gasteiger partial charge in [0.25, 0.3) is 5.56 Å². The topological polar surface area (TPSA) is 123 Å². The highest BCUT2D eigenvalue weighted by Crippen LogP contribution is 2.34. The second-order valence-corrected chi connectivity index (χ2v) is 11.7. The van der Waals surface area contributed by atoms with E-state index in [-0.39, 0.29) is 37.5 Å². The molecule has 10 atom stereocenters. The normalized spacial score (nSPS) is 25.3. The number of aromatic nitrogens is 2. The van der Waals surface area contributed by atoms with Crippen molar-refractivity contribution in [1.29, 1.82) is 0 Å². The Hall–Kier alpha value is -1.97. The molecule has 1 saturated heterocycles. The summed E-state index contributed by atoms with van der Waals surface area (Å²) in [4.78, 5) is 39.5. The molecule has 1 aliphatic heterocycles. The van der Waals surface area contributed by atoms with Crippen molar-refractivity contribution in [2.24, 2.45) is 35.5 Å². The van der Waals surface area contributed by atoms with Gasteiger partial charge in [-0.05, 0) is 42.4 Å². The number of amides is 1. The second-order valence-electron chi connectivity index (χ2n) is 11.7. The van der Waals surface area contributed by atoms with Crippen molar-refractivity contribution in [2.45, 2.75) is 106 Å². The minimum atomic E-state index is -0.704. The van der Waals surface area contributed by atoms with E-state index in [2.05, 4.69) is 65.7 Å². The first-order valence-electron chi connectivity index (χ1n) is 14.3. The van der Waals surface area contributed by atoms with Gasteiger partial charge < -0.3 is 19.9 Å². The van der Waals surface area contributed by atoms with E-state index in [1.54, 1.807) is 6.92 Å². The van der Waals surface area contributed by atoms with Crippen LogP contribution in [-0.2, 0) is 14.3 Å². The number of H-pyrrole nitrogens is 1. The third-order valence-corrected chi connectivity index (χ3v) is 9.45. The molecule has 9 nitrogen and oxygen atoms in total. The number of hydrogen-bond donors (Lipinski definition) is 3. The molecule has 38 heavy (non-hydrogen) atoms. The molecule has 0 bridgehead atoms. The molecule has 1 aromatic rings. The maximum absolute atomic E-state index is 13.2. The van der Waals surface area contributed by atoms with Crippen molar-refractivity contribution in [3.05, 3.63) is 32.6 Å². The first kappa shape index (κ1) is 32.2. The Bertz CT molecular complexity index is 1010. The number of aliphatic hydroxyl groups is 1. The molecule has 1 aliphatic rings. The minimum Gasteiger partial charge on any atom is -0.394 e. The van der Waals surface area contributed by atoms with Gasteiger partial charge >= 0.3 is 5.69 Å². The van der Waals surface area contributed by atoms with Gasteiger partial charge in [-0.1, -0.05) is 68.2 Å². The molecule has 1 fully saturated rings. The Kier molecular flexibility index (Phi) is 12.2. The zero-order valence-electron chi connectivity index (χ0n) is 24.8. The van der Waals surface area contributed by atoms with Crippen LogP contribution in [0.2, 0.25) is 0 Å². The van der Waals surface area contributed by atoms with Crippen LogP contribution in [0.4, 0.5) is 0 Å². The molecule has 9 heteroatoms. The summed E-state index contributed by atoms with van der Waals surface area (Å²) in [7, 11) is 0. The van der Waals surface area contributed by atoms with Gasteiger partial charge in [0.15, 0.2) is 0 Å². The fraction of sp³-hybridized carbons (Fsp3) is 0.828. The number of aryl methyl sites for hydroxylation is 1. The van der Waals surface area contributed by atoms with E-state index >= 15 is 0 Å². The number of carbonyl (C=O) groups excluding carboxylic acids is 1. The van der Waals surface area contributed by atoms with Crippen LogP contribution >= 0.6 is 0 Å². The average molecular weight is 538 g/mol. The molecule has 0 radical (unpaired) electrons. The van der Waals surface area contributed by atoms with Crippen LogP contribution in [0.15, 0.2) is 15.8 Å². The van der Waals surface area contributed by atoms with Gasteiger partial charge in [-0.2, -0.15) is 0 Å².